The molecule has 1 saturated heterocycles. The smallest absolute Gasteiger partial charge is 0.221 e. The molecule has 1 fully saturated rings. The van der Waals surface area contributed by atoms with E-state index < -0.39 is 0 Å². The van der Waals surface area contributed by atoms with Gasteiger partial charge in [0, 0.05) is 30.4 Å². The summed E-state index contributed by atoms with van der Waals surface area (Å²) in [5.74, 6) is 1.55. The van der Waals surface area contributed by atoms with Crippen molar-refractivity contribution in [3.8, 4) is 0 Å². The van der Waals surface area contributed by atoms with Gasteiger partial charge in [-0.25, -0.2) is 9.97 Å². The Morgan fingerprint density at radius 1 is 1.28 bits per heavy atom. The molecule has 5 rings (SSSR count). The Morgan fingerprint density at radius 2 is 2.21 bits per heavy atom. The van der Waals surface area contributed by atoms with E-state index in [4.69, 9.17) is 10.5 Å². The number of hydrogen-bond donors (Lipinski definition) is 4. The fraction of sp³-hybridized carbons (Fsp3) is 0.300. The van der Waals surface area contributed by atoms with Gasteiger partial charge in [-0.05, 0) is 30.5 Å². The minimum absolute atomic E-state index is 0.0378. The van der Waals surface area contributed by atoms with E-state index in [9.17, 15) is 0 Å². The monoisotopic (exact) mass is 390 g/mol. The number of aromatic nitrogens is 6. The summed E-state index contributed by atoms with van der Waals surface area (Å²) in [5.41, 5.74) is 10.8. The van der Waals surface area contributed by atoms with Gasteiger partial charge in [-0.1, -0.05) is 13.0 Å². The number of aromatic amines is 2. The molecule has 29 heavy (non-hydrogen) atoms. The average molecular weight is 390 g/mol. The van der Waals surface area contributed by atoms with Gasteiger partial charge >= 0.3 is 0 Å². The van der Waals surface area contributed by atoms with Crippen LogP contribution in [0, 0.1) is 0 Å². The second kappa shape index (κ2) is 7.17. The molecule has 0 saturated carbocycles. The van der Waals surface area contributed by atoms with Crippen molar-refractivity contribution in [1.82, 2.24) is 30.1 Å². The number of anilines is 3. The molecule has 2 unspecified atom stereocenters. The number of rotatable bonds is 5. The summed E-state index contributed by atoms with van der Waals surface area (Å²) >= 11 is 0. The van der Waals surface area contributed by atoms with Crippen LogP contribution in [0.25, 0.3) is 11.0 Å². The van der Waals surface area contributed by atoms with Gasteiger partial charge in [-0.2, -0.15) is 10.1 Å². The van der Waals surface area contributed by atoms with Gasteiger partial charge in [-0.3, -0.25) is 5.10 Å². The molecule has 0 bridgehead atoms. The Bertz CT molecular complexity index is 1140. The van der Waals surface area contributed by atoms with E-state index in [0.29, 0.717) is 11.6 Å². The summed E-state index contributed by atoms with van der Waals surface area (Å²) in [6.45, 7) is 2.90. The van der Waals surface area contributed by atoms with Gasteiger partial charge in [0.15, 0.2) is 5.82 Å². The van der Waals surface area contributed by atoms with E-state index in [1.54, 1.807) is 12.5 Å². The molecule has 148 valence electrons. The number of imidazole rings is 1. The molecule has 3 aromatic heterocycles. The lowest BCUT2D eigenvalue weighted by Gasteiger charge is -2.16. The average Bonchev–Trinajstić information content (AvgIpc) is 3.48. The van der Waals surface area contributed by atoms with E-state index in [-0.39, 0.29) is 18.0 Å². The van der Waals surface area contributed by atoms with Crippen molar-refractivity contribution in [2.24, 2.45) is 0 Å². The van der Waals surface area contributed by atoms with Crippen molar-refractivity contribution < 1.29 is 4.74 Å². The fourth-order valence-corrected chi connectivity index (χ4v) is 3.73. The molecule has 9 nitrogen and oxygen atoms in total. The molecule has 1 aromatic carbocycles. The van der Waals surface area contributed by atoms with Crippen LogP contribution in [0.15, 0.2) is 36.8 Å². The van der Waals surface area contributed by atoms with Crippen LogP contribution in [-0.2, 0) is 4.74 Å². The minimum atomic E-state index is 0.0378. The lowest BCUT2D eigenvalue weighted by molar-refractivity contribution is 0.108. The zero-order valence-corrected chi connectivity index (χ0v) is 16.0. The number of nitrogens with zero attached hydrogens (tertiary/aromatic N) is 4. The summed E-state index contributed by atoms with van der Waals surface area (Å²) in [6, 6.07) is 8.13. The van der Waals surface area contributed by atoms with Crippen LogP contribution in [0.4, 0.5) is 17.6 Å². The molecule has 5 N–H and O–H groups in total. The Balaban J connectivity index is 1.45. The van der Waals surface area contributed by atoms with Crippen LogP contribution >= 0.6 is 0 Å². The predicted molar refractivity (Wildman–Crippen MR) is 110 cm³/mol. The maximum Gasteiger partial charge on any atom is 0.221 e. The molecule has 4 aromatic rings. The van der Waals surface area contributed by atoms with Crippen molar-refractivity contribution in [3.05, 3.63) is 53.6 Å². The van der Waals surface area contributed by atoms with Crippen molar-refractivity contribution in [2.45, 2.75) is 31.8 Å². The molecule has 2 atom stereocenters. The van der Waals surface area contributed by atoms with Gasteiger partial charge in [0.05, 0.1) is 29.2 Å². The lowest BCUT2D eigenvalue weighted by Crippen LogP contribution is -2.07. The molecule has 0 amide bonds. The maximum absolute atomic E-state index is 5.86. The van der Waals surface area contributed by atoms with Crippen LogP contribution in [-0.4, -0.2) is 36.7 Å². The van der Waals surface area contributed by atoms with Gasteiger partial charge < -0.3 is 20.8 Å². The molecule has 1 aliphatic heterocycles. The maximum atomic E-state index is 5.86. The first-order valence-electron chi connectivity index (χ1n) is 9.67. The summed E-state index contributed by atoms with van der Waals surface area (Å²) < 4.78 is 5.72. The van der Waals surface area contributed by atoms with E-state index in [0.717, 1.165) is 47.3 Å². The highest BCUT2D eigenvalue weighted by Gasteiger charge is 2.21. The summed E-state index contributed by atoms with van der Waals surface area (Å²) in [4.78, 5) is 16.1. The second-order valence-corrected chi connectivity index (χ2v) is 7.27. The summed E-state index contributed by atoms with van der Waals surface area (Å²) in [7, 11) is 0. The summed E-state index contributed by atoms with van der Waals surface area (Å²) in [6.07, 6.45) is 5.60. The van der Waals surface area contributed by atoms with Gasteiger partial charge in [-0.15, -0.1) is 0 Å². The Hall–Kier alpha value is -3.46. The number of ether oxygens (including phenoxy) is 1. The van der Waals surface area contributed by atoms with Crippen LogP contribution in [0.5, 0.6) is 0 Å². The van der Waals surface area contributed by atoms with E-state index in [1.807, 2.05) is 12.1 Å². The molecular formula is C20H22N8O. The normalized spacial score (nSPS) is 17.6. The standard InChI is InChI=1S/C20H22N8O/c1-11(12-4-5-14-15(7-12)24-10-23-14)13-9-22-20(21)26-19(13)25-18-8-16(27-28-18)17-3-2-6-29-17/h4-5,7-11,17H,2-3,6H2,1H3,(H,23,24)(H4,21,22,25,26,27,28). The zero-order valence-electron chi connectivity index (χ0n) is 16.0. The highest BCUT2D eigenvalue weighted by molar-refractivity contribution is 5.75. The van der Waals surface area contributed by atoms with Crippen LogP contribution in [0.3, 0.4) is 0 Å². The van der Waals surface area contributed by atoms with Crippen molar-refractivity contribution in [2.75, 3.05) is 17.7 Å². The van der Waals surface area contributed by atoms with Gasteiger partial charge in [0.2, 0.25) is 5.95 Å². The van der Waals surface area contributed by atoms with E-state index >= 15 is 0 Å². The molecule has 0 aliphatic carbocycles. The number of nitrogens with two attached hydrogens (primary N) is 1. The zero-order chi connectivity index (χ0) is 19.8. The van der Waals surface area contributed by atoms with Crippen molar-refractivity contribution in [1.29, 1.82) is 0 Å². The molecule has 1 aliphatic rings. The first-order chi connectivity index (χ1) is 14.2. The van der Waals surface area contributed by atoms with Gasteiger partial charge in [0.1, 0.15) is 5.82 Å². The number of benzene rings is 1. The SMILES string of the molecule is CC(c1ccc2[nH]cnc2c1)c1cnc(N)nc1Nc1cc(C2CCCO2)[nH]n1. The third-order valence-corrected chi connectivity index (χ3v) is 5.37. The van der Waals surface area contributed by atoms with Crippen molar-refractivity contribution >= 4 is 28.6 Å². The summed E-state index contributed by atoms with van der Waals surface area (Å²) in [5, 5.41) is 10.7. The highest BCUT2D eigenvalue weighted by atomic mass is 16.5. The Morgan fingerprint density at radius 3 is 3.07 bits per heavy atom. The lowest BCUT2D eigenvalue weighted by atomic mass is 9.94. The topological polar surface area (TPSA) is 130 Å². The molecular weight excluding hydrogens is 368 g/mol. The first-order valence-corrected chi connectivity index (χ1v) is 9.67. The Kier molecular flexibility index (Phi) is 4.36. The molecule has 0 radical (unpaired) electrons. The van der Waals surface area contributed by atoms with Crippen molar-refractivity contribution in [3.63, 3.8) is 0 Å². The number of nitrogen functional groups attached to an aromatic ring is 1. The third kappa shape index (κ3) is 3.40. The first kappa shape index (κ1) is 17.6. The van der Waals surface area contributed by atoms with E-state index in [1.165, 1.54) is 0 Å². The van der Waals surface area contributed by atoms with E-state index in [2.05, 4.69) is 54.5 Å². The second-order valence-electron chi connectivity index (χ2n) is 7.27. The number of nitrogens with one attached hydrogen (secondary N) is 3. The molecule has 4 heterocycles. The largest absolute Gasteiger partial charge is 0.372 e. The molecule has 0 spiro atoms. The van der Waals surface area contributed by atoms with Crippen LogP contribution < -0.4 is 11.1 Å². The van der Waals surface area contributed by atoms with Gasteiger partial charge in [0.25, 0.3) is 0 Å². The highest BCUT2D eigenvalue weighted by Crippen LogP contribution is 2.33. The third-order valence-electron chi connectivity index (χ3n) is 5.37. The number of fused-ring (bicyclic) bond motifs is 1. The minimum Gasteiger partial charge on any atom is -0.372 e. The van der Waals surface area contributed by atoms with Crippen LogP contribution in [0.2, 0.25) is 0 Å². The Labute approximate surface area is 167 Å². The quantitative estimate of drug-likeness (QED) is 0.411. The van der Waals surface area contributed by atoms with Crippen LogP contribution in [0.1, 0.15) is 48.6 Å². The number of hydrogen-bond acceptors (Lipinski definition) is 7. The number of H-pyrrole nitrogens is 2. The fourth-order valence-electron chi connectivity index (χ4n) is 3.73. The predicted octanol–water partition coefficient (Wildman–Crippen LogP) is 3.41. The molecule has 9 heteroatoms.